The number of hydrogen-bond donors (Lipinski definition) is 0. The maximum absolute atomic E-state index is 12.2. The molecular weight excluding hydrogens is 193 g/mol. The van der Waals surface area contributed by atoms with Crippen molar-refractivity contribution in [2.45, 2.75) is 19.2 Å². The smallest absolute Gasteiger partial charge is 0.377 e. The predicted molar refractivity (Wildman–Crippen MR) is 46.9 cm³/mol. The molecule has 1 aromatic rings. The quantitative estimate of drug-likeness (QED) is 0.717. The second kappa shape index (κ2) is 4.00. The van der Waals surface area contributed by atoms with Gasteiger partial charge in [0.15, 0.2) is 0 Å². The standard InChI is InChI=1S/C10H11F3O/c1-7(14-2)8-3-5-9(6-4-8)10(11,12)13/h3-7H,1-2H3/t7-/m0/s1. The second-order valence-electron chi connectivity index (χ2n) is 3.00. The van der Waals surface area contributed by atoms with Crippen LogP contribution < -0.4 is 0 Å². The minimum Gasteiger partial charge on any atom is -0.377 e. The Morgan fingerprint density at radius 3 is 2.00 bits per heavy atom. The van der Waals surface area contributed by atoms with Gasteiger partial charge in [0, 0.05) is 7.11 Å². The van der Waals surface area contributed by atoms with Crippen molar-refractivity contribution in [3.8, 4) is 0 Å². The van der Waals surface area contributed by atoms with E-state index >= 15 is 0 Å². The Morgan fingerprint density at radius 2 is 1.64 bits per heavy atom. The summed E-state index contributed by atoms with van der Waals surface area (Å²) in [6, 6.07) is 4.98. The summed E-state index contributed by atoms with van der Waals surface area (Å²) in [5.74, 6) is 0. The first-order chi connectivity index (χ1) is 6.45. The predicted octanol–water partition coefficient (Wildman–Crippen LogP) is 3.41. The molecule has 0 aromatic heterocycles. The molecule has 0 aliphatic rings. The van der Waals surface area contributed by atoms with Gasteiger partial charge in [-0.3, -0.25) is 0 Å². The van der Waals surface area contributed by atoms with Crippen LogP contribution in [0.3, 0.4) is 0 Å². The van der Waals surface area contributed by atoms with Crippen LogP contribution in [-0.2, 0) is 10.9 Å². The van der Waals surface area contributed by atoms with Crippen LogP contribution in [0.1, 0.15) is 24.2 Å². The van der Waals surface area contributed by atoms with E-state index in [1.54, 1.807) is 6.92 Å². The van der Waals surface area contributed by atoms with E-state index in [4.69, 9.17) is 4.74 Å². The van der Waals surface area contributed by atoms with Crippen LogP contribution >= 0.6 is 0 Å². The maximum Gasteiger partial charge on any atom is 0.416 e. The molecule has 0 unspecified atom stereocenters. The van der Waals surface area contributed by atoms with Gasteiger partial charge >= 0.3 is 6.18 Å². The van der Waals surface area contributed by atoms with Crippen molar-refractivity contribution in [3.63, 3.8) is 0 Å². The average molecular weight is 204 g/mol. The van der Waals surface area contributed by atoms with Crippen LogP contribution in [0.4, 0.5) is 13.2 Å². The minimum atomic E-state index is -4.27. The zero-order valence-electron chi connectivity index (χ0n) is 7.93. The summed E-state index contributed by atoms with van der Waals surface area (Å²) in [6.45, 7) is 1.78. The number of rotatable bonds is 2. The van der Waals surface area contributed by atoms with E-state index in [1.807, 2.05) is 0 Å². The monoisotopic (exact) mass is 204 g/mol. The lowest BCUT2D eigenvalue weighted by molar-refractivity contribution is -0.137. The number of methoxy groups -OCH3 is 1. The Bertz CT molecular complexity index is 289. The van der Waals surface area contributed by atoms with E-state index in [-0.39, 0.29) is 6.10 Å². The molecular formula is C10H11F3O. The molecule has 1 nitrogen and oxygen atoms in total. The van der Waals surface area contributed by atoms with Gasteiger partial charge in [-0.1, -0.05) is 12.1 Å². The first-order valence-corrected chi connectivity index (χ1v) is 4.15. The van der Waals surface area contributed by atoms with Crippen LogP contribution in [0.25, 0.3) is 0 Å². The summed E-state index contributed by atoms with van der Waals surface area (Å²) >= 11 is 0. The van der Waals surface area contributed by atoms with Gasteiger partial charge in [0.05, 0.1) is 11.7 Å². The highest BCUT2D eigenvalue weighted by Gasteiger charge is 2.30. The lowest BCUT2D eigenvalue weighted by atomic mass is 10.1. The summed E-state index contributed by atoms with van der Waals surface area (Å²) < 4.78 is 41.5. The van der Waals surface area contributed by atoms with Gasteiger partial charge < -0.3 is 4.74 Å². The average Bonchev–Trinajstić information content (AvgIpc) is 2.15. The van der Waals surface area contributed by atoms with Crippen LogP contribution in [0.5, 0.6) is 0 Å². The van der Waals surface area contributed by atoms with Crippen molar-refractivity contribution >= 4 is 0 Å². The fourth-order valence-electron chi connectivity index (χ4n) is 1.08. The van der Waals surface area contributed by atoms with Gasteiger partial charge in [-0.2, -0.15) is 13.2 Å². The lowest BCUT2D eigenvalue weighted by Gasteiger charge is -2.11. The molecule has 0 spiro atoms. The van der Waals surface area contributed by atoms with Gasteiger partial charge in [-0.05, 0) is 24.6 Å². The number of ether oxygens (including phenoxy) is 1. The van der Waals surface area contributed by atoms with E-state index in [0.717, 1.165) is 17.7 Å². The van der Waals surface area contributed by atoms with Crippen molar-refractivity contribution in [3.05, 3.63) is 35.4 Å². The molecule has 4 heteroatoms. The van der Waals surface area contributed by atoms with E-state index in [1.165, 1.54) is 19.2 Å². The first-order valence-electron chi connectivity index (χ1n) is 4.15. The second-order valence-corrected chi connectivity index (χ2v) is 3.00. The van der Waals surface area contributed by atoms with Crippen molar-refractivity contribution in [2.24, 2.45) is 0 Å². The topological polar surface area (TPSA) is 9.23 Å². The molecule has 0 aliphatic carbocycles. The van der Waals surface area contributed by atoms with E-state index in [2.05, 4.69) is 0 Å². The van der Waals surface area contributed by atoms with Crippen LogP contribution in [0.15, 0.2) is 24.3 Å². The number of halogens is 3. The van der Waals surface area contributed by atoms with Crippen LogP contribution in [-0.4, -0.2) is 7.11 Å². The molecule has 0 bridgehead atoms. The molecule has 1 aromatic carbocycles. The molecule has 0 heterocycles. The molecule has 0 radical (unpaired) electrons. The summed E-state index contributed by atoms with van der Waals surface area (Å²) in [4.78, 5) is 0. The Morgan fingerprint density at radius 1 is 1.14 bits per heavy atom. The Balaban J connectivity index is 2.89. The van der Waals surface area contributed by atoms with Crippen molar-refractivity contribution < 1.29 is 17.9 Å². The highest BCUT2D eigenvalue weighted by atomic mass is 19.4. The molecule has 1 rings (SSSR count). The lowest BCUT2D eigenvalue weighted by Crippen LogP contribution is -2.05. The summed E-state index contributed by atoms with van der Waals surface area (Å²) in [7, 11) is 1.52. The van der Waals surface area contributed by atoms with E-state index in [9.17, 15) is 13.2 Å². The molecule has 0 fully saturated rings. The summed E-state index contributed by atoms with van der Waals surface area (Å²) in [5, 5.41) is 0. The van der Waals surface area contributed by atoms with E-state index in [0.29, 0.717) is 0 Å². The normalized spacial score (nSPS) is 14.1. The fraction of sp³-hybridized carbons (Fsp3) is 0.400. The van der Waals surface area contributed by atoms with Gasteiger partial charge in [0.1, 0.15) is 0 Å². The molecule has 1 atom stereocenters. The molecule has 0 saturated heterocycles. The molecule has 78 valence electrons. The maximum atomic E-state index is 12.2. The minimum absolute atomic E-state index is 0.183. The van der Waals surface area contributed by atoms with Gasteiger partial charge in [-0.15, -0.1) is 0 Å². The van der Waals surface area contributed by atoms with Crippen LogP contribution in [0.2, 0.25) is 0 Å². The highest BCUT2D eigenvalue weighted by Crippen LogP contribution is 2.30. The zero-order valence-corrected chi connectivity index (χ0v) is 7.93. The van der Waals surface area contributed by atoms with Crippen molar-refractivity contribution in [1.29, 1.82) is 0 Å². The summed E-state index contributed by atoms with van der Waals surface area (Å²) in [6.07, 6.45) is -4.45. The van der Waals surface area contributed by atoms with Gasteiger partial charge in [0.25, 0.3) is 0 Å². The largest absolute Gasteiger partial charge is 0.416 e. The summed E-state index contributed by atoms with van der Waals surface area (Å²) in [5.41, 5.74) is 0.102. The Hall–Kier alpha value is -1.03. The SMILES string of the molecule is CO[C@@H](C)c1ccc(C(F)(F)F)cc1. The van der Waals surface area contributed by atoms with Crippen molar-refractivity contribution in [1.82, 2.24) is 0 Å². The Labute approximate surface area is 80.5 Å². The molecule has 14 heavy (non-hydrogen) atoms. The molecule has 0 saturated carbocycles. The number of benzene rings is 1. The van der Waals surface area contributed by atoms with E-state index < -0.39 is 11.7 Å². The molecule has 0 aliphatic heterocycles. The first kappa shape index (κ1) is 11.0. The third kappa shape index (κ3) is 2.48. The van der Waals surface area contributed by atoms with Crippen molar-refractivity contribution in [2.75, 3.05) is 7.11 Å². The zero-order chi connectivity index (χ0) is 10.8. The van der Waals surface area contributed by atoms with Gasteiger partial charge in [-0.25, -0.2) is 0 Å². The molecule has 0 amide bonds. The fourth-order valence-corrected chi connectivity index (χ4v) is 1.08. The highest BCUT2D eigenvalue weighted by molar-refractivity contribution is 5.25. The number of alkyl halides is 3. The molecule has 0 N–H and O–H groups in total. The van der Waals surface area contributed by atoms with Gasteiger partial charge in [0.2, 0.25) is 0 Å². The van der Waals surface area contributed by atoms with Crippen LogP contribution in [0, 0.1) is 0 Å². The Kier molecular flexibility index (Phi) is 3.16. The number of hydrogen-bond acceptors (Lipinski definition) is 1. The third-order valence-corrected chi connectivity index (χ3v) is 2.06. The third-order valence-electron chi connectivity index (χ3n) is 2.06.